The lowest BCUT2D eigenvalue weighted by molar-refractivity contribution is -0.136. The highest BCUT2D eigenvalue weighted by molar-refractivity contribution is 7.10. The van der Waals surface area contributed by atoms with Crippen LogP contribution in [-0.2, 0) is 9.59 Å². The molecule has 0 bridgehead atoms. The van der Waals surface area contributed by atoms with Crippen LogP contribution in [0, 0.1) is 20.8 Å². The van der Waals surface area contributed by atoms with Crippen molar-refractivity contribution in [2.24, 2.45) is 0 Å². The average Bonchev–Trinajstić information content (AvgIpc) is 3.04. The molecule has 3 N–H and O–H groups in total. The Bertz CT molecular complexity index is 703. The molecule has 0 aliphatic heterocycles. The first-order chi connectivity index (χ1) is 11.4. The van der Waals surface area contributed by atoms with Gasteiger partial charge in [-0.15, -0.1) is 11.3 Å². The van der Waals surface area contributed by atoms with Gasteiger partial charge in [-0.2, -0.15) is 0 Å². The zero-order valence-corrected chi connectivity index (χ0v) is 14.9. The number of benzene rings is 1. The first-order valence-corrected chi connectivity index (χ1v) is 8.65. The quantitative estimate of drug-likeness (QED) is 0.729. The van der Waals surface area contributed by atoms with Crippen molar-refractivity contribution < 1.29 is 14.7 Å². The standard InChI is InChI=1S/C18H22N2O3S/c1-11-9-12(2)16(13(3)10-11)20-18(23)17(22)19-7-6-14(21)15-5-4-8-24-15/h4-5,8-10,14,21H,6-7H2,1-3H3,(H,19,22)(H,20,23). The van der Waals surface area contributed by atoms with Crippen molar-refractivity contribution >= 4 is 28.8 Å². The van der Waals surface area contributed by atoms with Crippen LogP contribution in [0.2, 0.25) is 0 Å². The van der Waals surface area contributed by atoms with Gasteiger partial charge in [0.15, 0.2) is 0 Å². The fourth-order valence-electron chi connectivity index (χ4n) is 2.57. The zero-order valence-electron chi connectivity index (χ0n) is 14.1. The number of nitrogens with one attached hydrogen (secondary N) is 2. The largest absolute Gasteiger partial charge is 0.388 e. The second-order valence-corrected chi connectivity index (χ2v) is 6.78. The Morgan fingerprint density at radius 1 is 1.17 bits per heavy atom. The topological polar surface area (TPSA) is 78.4 Å². The molecule has 6 heteroatoms. The van der Waals surface area contributed by atoms with Crippen LogP contribution in [0.15, 0.2) is 29.6 Å². The normalized spacial score (nSPS) is 11.8. The third kappa shape index (κ3) is 4.66. The predicted molar refractivity (Wildman–Crippen MR) is 96.2 cm³/mol. The molecule has 0 saturated heterocycles. The first-order valence-electron chi connectivity index (χ1n) is 7.77. The number of aliphatic hydroxyl groups is 1. The molecular formula is C18H22N2O3S. The lowest BCUT2D eigenvalue weighted by Crippen LogP contribution is -2.36. The van der Waals surface area contributed by atoms with Crippen LogP contribution in [-0.4, -0.2) is 23.5 Å². The molecule has 0 saturated carbocycles. The summed E-state index contributed by atoms with van der Waals surface area (Å²) < 4.78 is 0. The van der Waals surface area contributed by atoms with E-state index in [-0.39, 0.29) is 6.54 Å². The summed E-state index contributed by atoms with van der Waals surface area (Å²) in [5.74, 6) is -1.40. The third-order valence-corrected chi connectivity index (χ3v) is 4.67. The van der Waals surface area contributed by atoms with Crippen molar-refractivity contribution in [3.05, 3.63) is 51.2 Å². The summed E-state index contributed by atoms with van der Waals surface area (Å²) in [5.41, 5.74) is 3.61. The van der Waals surface area contributed by atoms with E-state index in [1.807, 2.05) is 50.4 Å². The van der Waals surface area contributed by atoms with Crippen molar-refractivity contribution in [1.29, 1.82) is 0 Å². The van der Waals surface area contributed by atoms with Gasteiger partial charge in [-0.3, -0.25) is 9.59 Å². The number of thiophene rings is 1. The van der Waals surface area contributed by atoms with E-state index >= 15 is 0 Å². The second kappa shape index (κ2) is 8.08. The molecule has 5 nitrogen and oxygen atoms in total. The number of carbonyl (C=O) groups excluding carboxylic acids is 2. The third-order valence-electron chi connectivity index (χ3n) is 3.70. The monoisotopic (exact) mass is 346 g/mol. The number of anilines is 1. The Balaban J connectivity index is 1.86. The minimum Gasteiger partial charge on any atom is -0.388 e. The van der Waals surface area contributed by atoms with E-state index in [9.17, 15) is 14.7 Å². The van der Waals surface area contributed by atoms with Gasteiger partial charge in [0, 0.05) is 17.1 Å². The maximum absolute atomic E-state index is 12.0. The summed E-state index contributed by atoms with van der Waals surface area (Å²) in [5, 5.41) is 17.0. The lowest BCUT2D eigenvalue weighted by Gasteiger charge is -2.13. The summed E-state index contributed by atoms with van der Waals surface area (Å²) in [4.78, 5) is 24.8. The molecule has 0 aliphatic carbocycles. The Morgan fingerprint density at radius 2 is 1.83 bits per heavy atom. The van der Waals surface area contributed by atoms with Crippen LogP contribution in [0.3, 0.4) is 0 Å². The Labute approximate surface area is 145 Å². The Hall–Kier alpha value is -2.18. The molecular weight excluding hydrogens is 324 g/mol. The first kappa shape index (κ1) is 18.2. The number of carbonyl (C=O) groups is 2. The van der Waals surface area contributed by atoms with Gasteiger partial charge in [0.1, 0.15) is 0 Å². The van der Waals surface area contributed by atoms with Gasteiger partial charge in [0.05, 0.1) is 6.10 Å². The number of rotatable bonds is 5. The molecule has 1 aromatic carbocycles. The van der Waals surface area contributed by atoms with E-state index < -0.39 is 17.9 Å². The van der Waals surface area contributed by atoms with Crippen LogP contribution >= 0.6 is 11.3 Å². The van der Waals surface area contributed by atoms with E-state index in [0.717, 1.165) is 21.6 Å². The van der Waals surface area contributed by atoms with Gasteiger partial charge >= 0.3 is 11.8 Å². The lowest BCUT2D eigenvalue weighted by atomic mass is 10.1. The van der Waals surface area contributed by atoms with Gasteiger partial charge in [-0.1, -0.05) is 23.8 Å². The van der Waals surface area contributed by atoms with Crippen molar-refractivity contribution in [1.82, 2.24) is 5.32 Å². The van der Waals surface area contributed by atoms with Crippen molar-refractivity contribution in [3.8, 4) is 0 Å². The maximum atomic E-state index is 12.0. The van der Waals surface area contributed by atoms with Gasteiger partial charge < -0.3 is 15.7 Å². The molecule has 1 heterocycles. The van der Waals surface area contributed by atoms with Gasteiger partial charge in [0.25, 0.3) is 0 Å². The molecule has 1 atom stereocenters. The minimum atomic E-state index is -0.701. The maximum Gasteiger partial charge on any atom is 0.313 e. The zero-order chi connectivity index (χ0) is 17.7. The molecule has 0 fully saturated rings. The summed E-state index contributed by atoms with van der Waals surface area (Å²) in [6.07, 6.45) is -0.266. The fourth-order valence-corrected chi connectivity index (χ4v) is 3.32. The van der Waals surface area contributed by atoms with E-state index in [0.29, 0.717) is 12.1 Å². The Morgan fingerprint density at radius 3 is 2.42 bits per heavy atom. The van der Waals surface area contributed by atoms with Gasteiger partial charge in [-0.25, -0.2) is 0 Å². The van der Waals surface area contributed by atoms with E-state index in [1.54, 1.807) is 0 Å². The highest BCUT2D eigenvalue weighted by Gasteiger charge is 2.16. The van der Waals surface area contributed by atoms with Crippen molar-refractivity contribution in [2.75, 3.05) is 11.9 Å². The number of amides is 2. The molecule has 2 rings (SSSR count). The van der Waals surface area contributed by atoms with Crippen molar-refractivity contribution in [3.63, 3.8) is 0 Å². The van der Waals surface area contributed by atoms with Crippen LogP contribution in [0.1, 0.15) is 34.1 Å². The molecule has 2 amide bonds. The number of aryl methyl sites for hydroxylation is 3. The van der Waals surface area contributed by atoms with Crippen molar-refractivity contribution in [2.45, 2.75) is 33.3 Å². The number of aliphatic hydroxyl groups excluding tert-OH is 1. The molecule has 0 aliphatic rings. The average molecular weight is 346 g/mol. The van der Waals surface area contributed by atoms with E-state index in [4.69, 9.17) is 0 Å². The van der Waals surface area contributed by atoms with Crippen LogP contribution in [0.4, 0.5) is 5.69 Å². The highest BCUT2D eigenvalue weighted by Crippen LogP contribution is 2.22. The van der Waals surface area contributed by atoms with Gasteiger partial charge in [-0.05, 0) is 49.8 Å². The molecule has 2 aromatic rings. The van der Waals surface area contributed by atoms with Gasteiger partial charge in [0.2, 0.25) is 0 Å². The number of hydrogen-bond donors (Lipinski definition) is 3. The molecule has 0 spiro atoms. The van der Waals surface area contributed by atoms with E-state index in [1.165, 1.54) is 11.3 Å². The molecule has 24 heavy (non-hydrogen) atoms. The smallest absolute Gasteiger partial charge is 0.313 e. The second-order valence-electron chi connectivity index (χ2n) is 5.80. The SMILES string of the molecule is Cc1cc(C)c(NC(=O)C(=O)NCCC(O)c2cccs2)c(C)c1. The highest BCUT2D eigenvalue weighted by atomic mass is 32.1. The fraction of sp³-hybridized carbons (Fsp3) is 0.333. The van der Waals surface area contributed by atoms with Crippen LogP contribution < -0.4 is 10.6 Å². The molecule has 1 unspecified atom stereocenters. The predicted octanol–water partition coefficient (Wildman–Crippen LogP) is 2.85. The summed E-state index contributed by atoms with van der Waals surface area (Å²) in [6.45, 7) is 6.00. The summed E-state index contributed by atoms with van der Waals surface area (Å²) in [6, 6.07) is 7.62. The van der Waals surface area contributed by atoms with E-state index in [2.05, 4.69) is 10.6 Å². The minimum absolute atomic E-state index is 0.233. The van der Waals surface area contributed by atoms with Crippen LogP contribution in [0.5, 0.6) is 0 Å². The molecule has 0 radical (unpaired) electrons. The summed E-state index contributed by atoms with van der Waals surface area (Å²) in [7, 11) is 0. The number of hydrogen-bond acceptors (Lipinski definition) is 4. The Kier molecular flexibility index (Phi) is 6.11. The van der Waals surface area contributed by atoms with Crippen LogP contribution in [0.25, 0.3) is 0 Å². The molecule has 128 valence electrons. The summed E-state index contributed by atoms with van der Waals surface area (Å²) >= 11 is 1.46. The molecule has 1 aromatic heterocycles.